The highest BCUT2D eigenvalue weighted by Crippen LogP contribution is 2.39. The minimum atomic E-state index is -2.03. The van der Waals surface area contributed by atoms with E-state index in [1.165, 1.54) is 24.3 Å². The monoisotopic (exact) mass is 393 g/mol. The van der Waals surface area contributed by atoms with Gasteiger partial charge in [0.1, 0.15) is 0 Å². The maximum absolute atomic E-state index is 12.1. The molecular weight excluding hydrogens is 382 g/mol. The number of carbonyl (C=O) groups excluding carboxylic acids is 2. The van der Waals surface area contributed by atoms with Crippen molar-refractivity contribution in [2.24, 2.45) is 0 Å². The quantitative estimate of drug-likeness (QED) is 0.241. The number of rotatable bonds is 6. The first-order valence-electron chi connectivity index (χ1n) is 6.00. The van der Waals surface area contributed by atoms with Crippen LogP contribution in [0.4, 0.5) is 0 Å². The molecule has 0 aliphatic heterocycles. The van der Waals surface area contributed by atoms with Crippen molar-refractivity contribution in [2.75, 3.05) is 20.8 Å². The molecule has 0 amide bonds. The van der Waals surface area contributed by atoms with E-state index in [9.17, 15) is 19.7 Å². The van der Waals surface area contributed by atoms with Gasteiger partial charge >= 0.3 is 11.9 Å². The number of nitrogens with zero attached hydrogens (tertiary/aromatic N) is 1. The Morgan fingerprint density at radius 2 is 1.73 bits per heavy atom. The molecule has 0 heterocycles. The summed E-state index contributed by atoms with van der Waals surface area (Å²) in [5.74, 6) is -3.11. The van der Waals surface area contributed by atoms with Crippen LogP contribution in [0.5, 0.6) is 0 Å². The summed E-state index contributed by atoms with van der Waals surface area (Å²) in [5, 5.41) is 11.4. The van der Waals surface area contributed by atoms with Gasteiger partial charge in [-0.3, -0.25) is 10.1 Å². The minimum absolute atomic E-state index is 0.369. The summed E-state index contributed by atoms with van der Waals surface area (Å²) < 4.78 is 7.19. The molecule has 1 rings (SSSR count). The number of benzene rings is 1. The zero-order valence-electron chi connectivity index (χ0n) is 11.7. The summed E-state index contributed by atoms with van der Waals surface area (Å²) in [6.45, 7) is -0.683. The van der Waals surface area contributed by atoms with E-state index in [0.717, 1.165) is 14.2 Å². The Hall–Kier alpha value is -1.67. The Morgan fingerprint density at radius 1 is 1.27 bits per heavy atom. The summed E-state index contributed by atoms with van der Waals surface area (Å²) in [6.07, 6.45) is 0. The number of nitro groups is 1. The van der Waals surface area contributed by atoms with Crippen molar-refractivity contribution in [1.82, 2.24) is 0 Å². The Bertz CT molecular complexity index is 560. The van der Waals surface area contributed by atoms with Gasteiger partial charge in [-0.1, -0.05) is 39.7 Å². The summed E-state index contributed by atoms with van der Waals surface area (Å²) >= 11 is 8.79. The second kappa shape index (κ2) is 7.55. The second-order valence-corrected chi connectivity index (χ2v) is 6.00. The Kier molecular flexibility index (Phi) is 6.31. The zero-order valence-corrected chi connectivity index (χ0v) is 14.1. The number of hydrogen-bond acceptors (Lipinski definition) is 6. The van der Waals surface area contributed by atoms with E-state index in [1.807, 2.05) is 0 Å². The summed E-state index contributed by atoms with van der Waals surface area (Å²) in [4.78, 5) is 34.5. The van der Waals surface area contributed by atoms with Crippen LogP contribution < -0.4 is 0 Å². The Balaban J connectivity index is 3.44. The molecule has 1 unspecified atom stereocenters. The molecule has 0 fully saturated rings. The maximum atomic E-state index is 12.1. The lowest BCUT2D eigenvalue weighted by molar-refractivity contribution is -0.483. The fourth-order valence-corrected chi connectivity index (χ4v) is 2.83. The molecule has 0 spiro atoms. The first kappa shape index (κ1) is 18.4. The third-order valence-corrected chi connectivity index (χ3v) is 4.50. The van der Waals surface area contributed by atoms with E-state index < -0.39 is 33.6 Å². The molecule has 0 radical (unpaired) electrons. The lowest BCUT2D eigenvalue weighted by Crippen LogP contribution is -2.49. The van der Waals surface area contributed by atoms with Gasteiger partial charge in [-0.2, -0.15) is 0 Å². The predicted molar refractivity (Wildman–Crippen MR) is 81.7 cm³/mol. The van der Waals surface area contributed by atoms with Gasteiger partial charge in [0.15, 0.2) is 0 Å². The van der Waals surface area contributed by atoms with Crippen molar-refractivity contribution < 1.29 is 24.0 Å². The molecule has 7 nitrogen and oxygen atoms in total. The van der Waals surface area contributed by atoms with E-state index in [-0.39, 0.29) is 0 Å². The highest BCUT2D eigenvalue weighted by molar-refractivity contribution is 9.10. The number of methoxy groups -OCH3 is 2. The third kappa shape index (κ3) is 3.75. The first-order chi connectivity index (χ1) is 10.3. The molecule has 22 heavy (non-hydrogen) atoms. The van der Waals surface area contributed by atoms with E-state index in [2.05, 4.69) is 25.4 Å². The number of halogens is 2. The van der Waals surface area contributed by atoms with Gasteiger partial charge in [0.05, 0.1) is 20.1 Å². The molecule has 1 atom stereocenters. The molecule has 0 bridgehead atoms. The molecule has 1 aromatic carbocycles. The predicted octanol–water partition coefficient (Wildman–Crippen LogP) is 2.18. The van der Waals surface area contributed by atoms with Crippen LogP contribution in [-0.4, -0.2) is 42.0 Å². The van der Waals surface area contributed by atoms with Gasteiger partial charge in [0, 0.05) is 9.95 Å². The van der Waals surface area contributed by atoms with Gasteiger partial charge in [0.2, 0.25) is 10.9 Å². The van der Waals surface area contributed by atoms with Crippen molar-refractivity contribution in [2.45, 2.75) is 10.2 Å². The first-order valence-corrected chi connectivity index (χ1v) is 7.17. The average molecular weight is 395 g/mol. The Morgan fingerprint density at radius 3 is 2.09 bits per heavy atom. The molecule has 0 saturated carbocycles. The smallest absolute Gasteiger partial charge is 0.335 e. The summed E-state index contributed by atoms with van der Waals surface area (Å²) in [6, 6.07) is 6.01. The number of alkyl halides is 1. The topological polar surface area (TPSA) is 95.7 Å². The molecule has 0 saturated heterocycles. The molecule has 9 heteroatoms. The average Bonchev–Trinajstić information content (AvgIpc) is 2.50. The number of carbonyl (C=O) groups is 2. The largest absolute Gasteiger partial charge is 0.468 e. The molecule has 0 N–H and O–H groups in total. The van der Waals surface area contributed by atoms with E-state index >= 15 is 0 Å². The summed E-state index contributed by atoms with van der Waals surface area (Å²) in [7, 11) is 2.15. The maximum Gasteiger partial charge on any atom is 0.335 e. The third-order valence-electron chi connectivity index (χ3n) is 3.05. The van der Waals surface area contributed by atoms with Gasteiger partial charge in [0.25, 0.3) is 0 Å². The van der Waals surface area contributed by atoms with E-state index in [4.69, 9.17) is 11.6 Å². The van der Waals surface area contributed by atoms with Crippen LogP contribution in [-0.2, 0) is 19.1 Å². The van der Waals surface area contributed by atoms with Gasteiger partial charge in [-0.15, -0.1) is 0 Å². The number of esters is 2. The van der Waals surface area contributed by atoms with Crippen LogP contribution in [0.1, 0.15) is 11.5 Å². The summed E-state index contributed by atoms with van der Waals surface area (Å²) in [5.41, 5.74) is 0.369. The van der Waals surface area contributed by atoms with Crippen molar-refractivity contribution in [3.8, 4) is 0 Å². The van der Waals surface area contributed by atoms with Crippen LogP contribution in [0.2, 0.25) is 5.02 Å². The van der Waals surface area contributed by atoms with Gasteiger partial charge in [-0.05, 0) is 17.7 Å². The number of hydrogen-bond donors (Lipinski definition) is 0. The van der Waals surface area contributed by atoms with Crippen molar-refractivity contribution in [3.05, 3.63) is 45.0 Å². The van der Waals surface area contributed by atoms with Crippen molar-refractivity contribution >= 4 is 39.5 Å². The zero-order chi connectivity index (χ0) is 16.9. The van der Waals surface area contributed by atoms with Crippen LogP contribution >= 0.6 is 27.5 Å². The lowest BCUT2D eigenvalue weighted by atomic mass is 9.85. The van der Waals surface area contributed by atoms with Crippen molar-refractivity contribution in [3.63, 3.8) is 0 Å². The fourth-order valence-electron chi connectivity index (χ4n) is 1.97. The second-order valence-electron chi connectivity index (χ2n) is 4.31. The van der Waals surface area contributed by atoms with Gasteiger partial charge < -0.3 is 9.47 Å². The van der Waals surface area contributed by atoms with Crippen LogP contribution in [0, 0.1) is 10.1 Å². The molecule has 0 aliphatic carbocycles. The van der Waals surface area contributed by atoms with Crippen LogP contribution in [0.3, 0.4) is 0 Å². The SMILES string of the molecule is COC(=O)C(Br)(C(=O)OC)C(C[N+](=O)[O-])c1ccc(Cl)cc1. The lowest BCUT2D eigenvalue weighted by Gasteiger charge is -2.28. The van der Waals surface area contributed by atoms with Crippen molar-refractivity contribution in [1.29, 1.82) is 0 Å². The standard InChI is InChI=1S/C13H13BrClNO6/c1-21-11(17)13(14,12(18)22-2)10(7-16(19)20)8-3-5-9(15)6-4-8/h3-6,10H,7H2,1-2H3. The number of ether oxygens (including phenoxy) is 2. The fraction of sp³-hybridized carbons (Fsp3) is 0.385. The highest BCUT2D eigenvalue weighted by atomic mass is 79.9. The minimum Gasteiger partial charge on any atom is -0.468 e. The van der Waals surface area contributed by atoms with Crippen LogP contribution in [0.15, 0.2) is 24.3 Å². The molecule has 0 aliphatic rings. The highest BCUT2D eigenvalue weighted by Gasteiger charge is 2.55. The van der Waals surface area contributed by atoms with E-state index in [0.29, 0.717) is 10.6 Å². The van der Waals surface area contributed by atoms with E-state index in [1.54, 1.807) is 0 Å². The van der Waals surface area contributed by atoms with Gasteiger partial charge in [-0.25, -0.2) is 9.59 Å². The molecule has 120 valence electrons. The Labute approximate surface area is 139 Å². The molecule has 0 aromatic heterocycles. The normalized spacial score (nSPS) is 12.4. The molecule has 1 aromatic rings. The molecular formula is C13H13BrClNO6. The van der Waals surface area contributed by atoms with Crippen LogP contribution in [0.25, 0.3) is 0 Å².